The Hall–Kier alpha value is -2.30. The molecule has 0 aliphatic heterocycles. The predicted molar refractivity (Wildman–Crippen MR) is 66.3 cm³/mol. The van der Waals surface area contributed by atoms with Crippen molar-refractivity contribution >= 4 is 5.97 Å². The summed E-state index contributed by atoms with van der Waals surface area (Å²) in [4.78, 5) is 14.5. The van der Waals surface area contributed by atoms with Gasteiger partial charge in [-0.15, -0.1) is 0 Å². The molecule has 18 heavy (non-hydrogen) atoms. The quantitative estimate of drug-likeness (QED) is 0.899. The van der Waals surface area contributed by atoms with Crippen LogP contribution in [-0.2, 0) is 0 Å². The molecular weight excluding hydrogens is 232 g/mol. The Morgan fingerprint density at radius 2 is 2.00 bits per heavy atom. The minimum absolute atomic E-state index is 0.0255. The number of carbonyl (C=O) groups is 1. The van der Waals surface area contributed by atoms with E-state index in [0.29, 0.717) is 0 Å². The van der Waals surface area contributed by atoms with Crippen molar-refractivity contribution in [1.82, 2.24) is 9.55 Å². The Kier molecular flexibility index (Phi) is 3.32. The highest BCUT2D eigenvalue weighted by Gasteiger charge is 2.07. The molecule has 94 valence electrons. The van der Waals surface area contributed by atoms with E-state index in [1.54, 1.807) is 4.57 Å². The molecule has 0 saturated heterocycles. The molecule has 1 N–H and O–H groups in total. The molecule has 1 heterocycles. The number of hydrogen-bond donors (Lipinski definition) is 1. The molecule has 0 spiro atoms. The van der Waals surface area contributed by atoms with Gasteiger partial charge in [0, 0.05) is 11.9 Å². The number of nitrogens with zero attached hydrogens (tertiary/aromatic N) is 2. The van der Waals surface area contributed by atoms with Crippen LogP contribution in [-0.4, -0.2) is 26.7 Å². The third kappa shape index (κ3) is 2.68. The molecule has 2 aromatic rings. The molecule has 0 unspecified atom stereocenters. The zero-order valence-corrected chi connectivity index (χ0v) is 10.2. The molecule has 0 amide bonds. The van der Waals surface area contributed by atoms with Gasteiger partial charge in [0.15, 0.2) is 5.69 Å². The van der Waals surface area contributed by atoms with E-state index in [2.05, 4.69) is 4.98 Å². The van der Waals surface area contributed by atoms with E-state index in [9.17, 15) is 4.79 Å². The third-order valence-electron chi connectivity index (χ3n) is 2.31. The highest BCUT2D eigenvalue weighted by atomic mass is 16.5. The molecule has 1 aromatic heterocycles. The molecule has 0 aliphatic rings. The van der Waals surface area contributed by atoms with Gasteiger partial charge in [0.25, 0.3) is 0 Å². The molecule has 1 aromatic carbocycles. The van der Waals surface area contributed by atoms with Crippen molar-refractivity contribution < 1.29 is 14.6 Å². The third-order valence-corrected chi connectivity index (χ3v) is 2.31. The topological polar surface area (TPSA) is 64.4 Å². The number of ether oxygens (including phenoxy) is 1. The van der Waals surface area contributed by atoms with Crippen molar-refractivity contribution in [3.05, 3.63) is 42.5 Å². The lowest BCUT2D eigenvalue weighted by Crippen LogP contribution is -2.05. The van der Waals surface area contributed by atoms with Crippen LogP contribution in [0.15, 0.2) is 36.8 Å². The van der Waals surface area contributed by atoms with Crippen LogP contribution in [0, 0.1) is 0 Å². The standard InChI is InChI=1S/C13H14N2O3/c1-9(2)18-11-5-3-10(4-6-11)15-7-12(13(16)17)14-8-15/h3-9H,1-2H3,(H,16,17). The van der Waals surface area contributed by atoms with E-state index >= 15 is 0 Å². The van der Waals surface area contributed by atoms with E-state index in [1.165, 1.54) is 12.5 Å². The summed E-state index contributed by atoms with van der Waals surface area (Å²) in [7, 11) is 0. The van der Waals surface area contributed by atoms with Crippen LogP contribution in [0.2, 0.25) is 0 Å². The van der Waals surface area contributed by atoms with Crippen molar-refractivity contribution in [2.45, 2.75) is 20.0 Å². The minimum atomic E-state index is -1.03. The first-order chi connectivity index (χ1) is 8.56. The van der Waals surface area contributed by atoms with Crippen LogP contribution in [0.3, 0.4) is 0 Å². The highest BCUT2D eigenvalue weighted by molar-refractivity contribution is 5.85. The SMILES string of the molecule is CC(C)Oc1ccc(-n2cnc(C(=O)O)c2)cc1. The summed E-state index contributed by atoms with van der Waals surface area (Å²) in [5, 5.41) is 8.79. The number of carboxylic acid groups (broad SMARTS) is 1. The number of aromatic nitrogens is 2. The van der Waals surface area contributed by atoms with Gasteiger partial charge in [-0.3, -0.25) is 0 Å². The fourth-order valence-corrected chi connectivity index (χ4v) is 1.54. The Morgan fingerprint density at radius 3 is 2.50 bits per heavy atom. The van der Waals surface area contributed by atoms with Crippen LogP contribution >= 0.6 is 0 Å². The first-order valence-electron chi connectivity index (χ1n) is 5.60. The van der Waals surface area contributed by atoms with Gasteiger partial charge in [0.2, 0.25) is 0 Å². The molecular formula is C13H14N2O3. The van der Waals surface area contributed by atoms with E-state index in [-0.39, 0.29) is 11.8 Å². The molecule has 0 radical (unpaired) electrons. The average Bonchev–Trinajstić information content (AvgIpc) is 2.78. The first kappa shape index (κ1) is 12.2. The lowest BCUT2D eigenvalue weighted by Gasteiger charge is -2.10. The van der Waals surface area contributed by atoms with Crippen LogP contribution in [0.1, 0.15) is 24.3 Å². The zero-order chi connectivity index (χ0) is 13.1. The molecule has 0 saturated carbocycles. The molecule has 5 heteroatoms. The maximum absolute atomic E-state index is 10.7. The van der Waals surface area contributed by atoms with Gasteiger partial charge in [0.1, 0.15) is 12.1 Å². The second-order valence-corrected chi connectivity index (χ2v) is 4.13. The van der Waals surface area contributed by atoms with Crippen molar-refractivity contribution in [2.75, 3.05) is 0 Å². The molecule has 0 fully saturated rings. The van der Waals surface area contributed by atoms with Gasteiger partial charge < -0.3 is 14.4 Å². The lowest BCUT2D eigenvalue weighted by molar-refractivity contribution is 0.0691. The van der Waals surface area contributed by atoms with E-state index < -0.39 is 5.97 Å². The monoisotopic (exact) mass is 246 g/mol. The molecule has 2 rings (SSSR count). The Bertz CT molecular complexity index is 544. The summed E-state index contributed by atoms with van der Waals surface area (Å²) in [6.07, 6.45) is 3.07. The normalized spacial score (nSPS) is 10.6. The van der Waals surface area contributed by atoms with Gasteiger partial charge in [0.05, 0.1) is 6.10 Å². The molecule has 5 nitrogen and oxygen atoms in total. The number of rotatable bonds is 4. The van der Waals surface area contributed by atoms with Crippen molar-refractivity contribution in [1.29, 1.82) is 0 Å². The number of benzene rings is 1. The van der Waals surface area contributed by atoms with Crippen LogP contribution in [0.5, 0.6) is 5.75 Å². The smallest absolute Gasteiger partial charge is 0.356 e. The van der Waals surface area contributed by atoms with Crippen molar-refractivity contribution in [2.24, 2.45) is 0 Å². The van der Waals surface area contributed by atoms with Crippen molar-refractivity contribution in [3.63, 3.8) is 0 Å². The maximum Gasteiger partial charge on any atom is 0.356 e. The minimum Gasteiger partial charge on any atom is -0.491 e. The molecule has 0 bridgehead atoms. The van der Waals surface area contributed by atoms with Gasteiger partial charge in [-0.2, -0.15) is 0 Å². The van der Waals surface area contributed by atoms with Gasteiger partial charge >= 0.3 is 5.97 Å². The summed E-state index contributed by atoms with van der Waals surface area (Å²) >= 11 is 0. The number of carboxylic acids is 1. The number of aromatic carboxylic acids is 1. The highest BCUT2D eigenvalue weighted by Crippen LogP contribution is 2.16. The summed E-state index contributed by atoms with van der Waals surface area (Å²) in [5.74, 6) is -0.249. The lowest BCUT2D eigenvalue weighted by atomic mass is 10.3. The average molecular weight is 246 g/mol. The molecule has 0 aliphatic carbocycles. The second-order valence-electron chi connectivity index (χ2n) is 4.13. The van der Waals surface area contributed by atoms with Gasteiger partial charge in [-0.1, -0.05) is 0 Å². The van der Waals surface area contributed by atoms with Crippen LogP contribution < -0.4 is 4.74 Å². The Morgan fingerprint density at radius 1 is 1.33 bits per heavy atom. The Balaban J connectivity index is 2.20. The van der Waals surface area contributed by atoms with Gasteiger partial charge in [-0.05, 0) is 38.1 Å². The van der Waals surface area contributed by atoms with Crippen LogP contribution in [0.25, 0.3) is 5.69 Å². The second kappa shape index (κ2) is 4.91. The van der Waals surface area contributed by atoms with E-state index in [4.69, 9.17) is 9.84 Å². The summed E-state index contributed by atoms with van der Waals surface area (Å²) < 4.78 is 7.18. The largest absolute Gasteiger partial charge is 0.491 e. The summed E-state index contributed by atoms with van der Waals surface area (Å²) in [6, 6.07) is 7.39. The Labute approximate surface area is 105 Å². The summed E-state index contributed by atoms with van der Waals surface area (Å²) in [6.45, 7) is 3.92. The van der Waals surface area contributed by atoms with E-state index in [0.717, 1.165) is 11.4 Å². The van der Waals surface area contributed by atoms with Crippen LogP contribution in [0.4, 0.5) is 0 Å². The number of hydrogen-bond acceptors (Lipinski definition) is 3. The predicted octanol–water partition coefficient (Wildman–Crippen LogP) is 2.36. The van der Waals surface area contributed by atoms with E-state index in [1.807, 2.05) is 38.1 Å². The summed E-state index contributed by atoms with van der Waals surface area (Å²) in [5.41, 5.74) is 0.864. The number of imidazole rings is 1. The fourth-order valence-electron chi connectivity index (χ4n) is 1.54. The van der Waals surface area contributed by atoms with Gasteiger partial charge in [-0.25, -0.2) is 9.78 Å². The molecule has 0 atom stereocenters. The maximum atomic E-state index is 10.7. The fraction of sp³-hybridized carbons (Fsp3) is 0.231. The first-order valence-corrected chi connectivity index (χ1v) is 5.60. The van der Waals surface area contributed by atoms with Crippen molar-refractivity contribution in [3.8, 4) is 11.4 Å². The zero-order valence-electron chi connectivity index (χ0n) is 10.2.